The molecule has 8 nitrogen and oxygen atoms in total. The Kier molecular flexibility index (Phi) is 9.38. The maximum absolute atomic E-state index is 13.0. The SMILES string of the molecule is CCOC(=O)c1ccc(N2CCN(C(=O)c3ccccc3)CC2)c(NC(=O)/C=C/c2cc(Br)ccc2OC)c1. The van der Waals surface area contributed by atoms with Crippen LogP contribution in [0, 0.1) is 0 Å². The van der Waals surface area contributed by atoms with Crippen LogP contribution in [0.1, 0.15) is 33.2 Å². The number of carbonyl (C=O) groups is 3. The summed E-state index contributed by atoms with van der Waals surface area (Å²) in [6.45, 7) is 4.20. The standard InChI is InChI=1S/C30H30BrN3O5/c1-3-39-30(37)23-9-12-26(33-15-17-34(18-16-33)29(36)21-7-5-4-6-8-21)25(20-23)32-28(35)14-10-22-19-24(31)11-13-27(22)38-2/h4-14,19-20H,3,15-18H2,1-2H3,(H,32,35)/b14-10+. The first-order valence-corrected chi connectivity index (χ1v) is 13.4. The van der Waals surface area contributed by atoms with Crippen LogP contribution in [-0.4, -0.2) is 62.6 Å². The number of nitrogens with one attached hydrogen (secondary N) is 1. The molecule has 0 atom stereocenters. The van der Waals surface area contributed by atoms with Gasteiger partial charge in [0.05, 0.1) is 30.7 Å². The Hall–Kier alpha value is -4.11. The highest BCUT2D eigenvalue weighted by molar-refractivity contribution is 9.10. The molecule has 0 spiro atoms. The second-order valence-corrected chi connectivity index (χ2v) is 9.72. The largest absolute Gasteiger partial charge is 0.496 e. The lowest BCUT2D eigenvalue weighted by Crippen LogP contribution is -2.49. The van der Waals surface area contributed by atoms with Crippen molar-refractivity contribution in [3.8, 4) is 5.75 Å². The van der Waals surface area contributed by atoms with Gasteiger partial charge in [-0.1, -0.05) is 34.1 Å². The predicted molar refractivity (Wildman–Crippen MR) is 155 cm³/mol. The fraction of sp³-hybridized carbons (Fsp3) is 0.233. The van der Waals surface area contributed by atoms with Crippen molar-refractivity contribution in [3.63, 3.8) is 0 Å². The second-order valence-electron chi connectivity index (χ2n) is 8.81. The van der Waals surface area contributed by atoms with Crippen molar-refractivity contribution in [2.75, 3.05) is 50.1 Å². The number of esters is 1. The molecule has 9 heteroatoms. The number of hydrogen-bond acceptors (Lipinski definition) is 6. The fourth-order valence-electron chi connectivity index (χ4n) is 4.34. The third-order valence-electron chi connectivity index (χ3n) is 6.30. The molecule has 4 rings (SSSR count). The average Bonchev–Trinajstić information content (AvgIpc) is 2.96. The number of hydrogen-bond donors (Lipinski definition) is 1. The van der Waals surface area contributed by atoms with E-state index in [1.807, 2.05) is 53.4 Å². The van der Waals surface area contributed by atoms with E-state index < -0.39 is 5.97 Å². The molecule has 39 heavy (non-hydrogen) atoms. The maximum Gasteiger partial charge on any atom is 0.338 e. The van der Waals surface area contributed by atoms with Crippen LogP contribution in [0.5, 0.6) is 5.75 Å². The third-order valence-corrected chi connectivity index (χ3v) is 6.79. The number of carbonyl (C=O) groups excluding carboxylic acids is 3. The minimum absolute atomic E-state index is 0.00505. The van der Waals surface area contributed by atoms with Crippen molar-refractivity contribution >= 4 is 51.2 Å². The molecule has 202 valence electrons. The zero-order valence-electron chi connectivity index (χ0n) is 21.9. The number of nitrogens with zero attached hydrogens (tertiary/aromatic N) is 2. The van der Waals surface area contributed by atoms with Gasteiger partial charge in [0.15, 0.2) is 0 Å². The van der Waals surface area contributed by atoms with E-state index >= 15 is 0 Å². The second kappa shape index (κ2) is 13.1. The number of benzene rings is 3. The Morgan fingerprint density at radius 2 is 1.69 bits per heavy atom. The van der Waals surface area contributed by atoms with Crippen LogP contribution in [-0.2, 0) is 9.53 Å². The summed E-state index contributed by atoms with van der Waals surface area (Å²) in [5.41, 5.74) is 2.98. The Morgan fingerprint density at radius 3 is 2.38 bits per heavy atom. The minimum Gasteiger partial charge on any atom is -0.496 e. The molecule has 0 aromatic heterocycles. The molecule has 0 saturated carbocycles. The van der Waals surface area contributed by atoms with Gasteiger partial charge in [-0.05, 0) is 61.5 Å². The van der Waals surface area contributed by atoms with E-state index in [4.69, 9.17) is 9.47 Å². The molecule has 0 unspecified atom stereocenters. The summed E-state index contributed by atoms with van der Waals surface area (Å²) in [7, 11) is 1.57. The summed E-state index contributed by atoms with van der Waals surface area (Å²) >= 11 is 3.44. The van der Waals surface area contributed by atoms with Crippen LogP contribution in [0.2, 0.25) is 0 Å². The fourth-order valence-corrected chi connectivity index (χ4v) is 4.72. The van der Waals surface area contributed by atoms with Crippen LogP contribution in [0.15, 0.2) is 77.3 Å². The van der Waals surface area contributed by atoms with Crippen LogP contribution < -0.4 is 15.0 Å². The zero-order chi connectivity index (χ0) is 27.8. The summed E-state index contributed by atoms with van der Waals surface area (Å²) in [5.74, 6) is -0.200. The summed E-state index contributed by atoms with van der Waals surface area (Å²) in [4.78, 5) is 42.2. The predicted octanol–water partition coefficient (Wildman–Crippen LogP) is 5.25. The van der Waals surface area contributed by atoms with Gasteiger partial charge in [0, 0.05) is 47.9 Å². The van der Waals surface area contributed by atoms with Crippen molar-refractivity contribution in [2.45, 2.75) is 6.92 Å². The monoisotopic (exact) mass is 591 g/mol. The molecule has 1 heterocycles. The van der Waals surface area contributed by atoms with Gasteiger partial charge in [-0.3, -0.25) is 9.59 Å². The highest BCUT2D eigenvalue weighted by Crippen LogP contribution is 2.30. The third kappa shape index (κ3) is 7.06. The summed E-state index contributed by atoms with van der Waals surface area (Å²) < 4.78 is 11.4. The minimum atomic E-state index is -0.466. The molecule has 0 bridgehead atoms. The topological polar surface area (TPSA) is 88.2 Å². The van der Waals surface area contributed by atoms with E-state index in [0.29, 0.717) is 48.7 Å². The number of rotatable bonds is 8. The Labute approximate surface area is 236 Å². The van der Waals surface area contributed by atoms with Crippen LogP contribution >= 0.6 is 15.9 Å². The lowest BCUT2D eigenvalue weighted by molar-refractivity contribution is -0.111. The molecule has 3 aromatic rings. The smallest absolute Gasteiger partial charge is 0.338 e. The Morgan fingerprint density at radius 1 is 0.949 bits per heavy atom. The first-order valence-electron chi connectivity index (χ1n) is 12.6. The zero-order valence-corrected chi connectivity index (χ0v) is 23.4. The molecule has 3 aromatic carbocycles. The van der Waals surface area contributed by atoms with E-state index in [1.54, 1.807) is 38.3 Å². The summed E-state index contributed by atoms with van der Waals surface area (Å²) in [6.07, 6.45) is 3.09. The van der Waals surface area contributed by atoms with Gasteiger partial charge in [-0.2, -0.15) is 0 Å². The first-order chi connectivity index (χ1) is 18.9. The molecule has 0 radical (unpaired) electrons. The molecule has 1 N–H and O–H groups in total. The lowest BCUT2D eigenvalue weighted by atomic mass is 10.1. The van der Waals surface area contributed by atoms with Gasteiger partial charge in [-0.25, -0.2) is 4.79 Å². The number of anilines is 2. The van der Waals surface area contributed by atoms with Crippen molar-refractivity contribution in [2.24, 2.45) is 0 Å². The number of methoxy groups -OCH3 is 1. The molecular formula is C30H30BrN3O5. The number of piperazine rings is 1. The van der Waals surface area contributed by atoms with Gasteiger partial charge in [0.2, 0.25) is 5.91 Å². The van der Waals surface area contributed by atoms with Crippen LogP contribution in [0.4, 0.5) is 11.4 Å². The van der Waals surface area contributed by atoms with E-state index in [2.05, 4.69) is 26.1 Å². The van der Waals surface area contributed by atoms with Gasteiger partial charge in [0.1, 0.15) is 5.75 Å². The van der Waals surface area contributed by atoms with Crippen molar-refractivity contribution in [1.29, 1.82) is 0 Å². The van der Waals surface area contributed by atoms with E-state index in [9.17, 15) is 14.4 Å². The molecule has 0 aliphatic carbocycles. The van der Waals surface area contributed by atoms with Crippen molar-refractivity contribution < 1.29 is 23.9 Å². The molecule has 1 aliphatic heterocycles. The van der Waals surface area contributed by atoms with Gasteiger partial charge in [0.25, 0.3) is 5.91 Å². The summed E-state index contributed by atoms with van der Waals surface area (Å²) in [5, 5.41) is 2.92. The number of ether oxygens (including phenoxy) is 2. The molecule has 1 fully saturated rings. The maximum atomic E-state index is 13.0. The van der Waals surface area contributed by atoms with Crippen LogP contribution in [0.25, 0.3) is 6.08 Å². The van der Waals surface area contributed by atoms with Gasteiger partial charge < -0.3 is 24.6 Å². The number of halogens is 1. The molecule has 1 aliphatic rings. The van der Waals surface area contributed by atoms with Crippen LogP contribution in [0.3, 0.4) is 0 Å². The first kappa shape index (κ1) is 27.9. The molecule has 1 saturated heterocycles. The Bertz CT molecular complexity index is 1370. The number of amides is 2. The van der Waals surface area contributed by atoms with Gasteiger partial charge in [-0.15, -0.1) is 0 Å². The lowest BCUT2D eigenvalue weighted by Gasteiger charge is -2.37. The molecular weight excluding hydrogens is 562 g/mol. The quantitative estimate of drug-likeness (QED) is 0.284. The average molecular weight is 592 g/mol. The van der Waals surface area contributed by atoms with E-state index in [1.165, 1.54) is 6.08 Å². The molecule has 2 amide bonds. The van der Waals surface area contributed by atoms with E-state index in [-0.39, 0.29) is 18.4 Å². The summed E-state index contributed by atoms with van der Waals surface area (Å²) in [6, 6.07) is 19.9. The van der Waals surface area contributed by atoms with Crippen molar-refractivity contribution in [3.05, 3.63) is 94.0 Å². The highest BCUT2D eigenvalue weighted by Gasteiger charge is 2.24. The van der Waals surface area contributed by atoms with Gasteiger partial charge >= 0.3 is 5.97 Å². The van der Waals surface area contributed by atoms with Crippen molar-refractivity contribution in [1.82, 2.24) is 4.90 Å². The van der Waals surface area contributed by atoms with E-state index in [0.717, 1.165) is 15.7 Å². The Balaban J connectivity index is 1.53. The highest BCUT2D eigenvalue weighted by atomic mass is 79.9. The normalized spacial score (nSPS) is 13.3.